The van der Waals surface area contributed by atoms with E-state index in [4.69, 9.17) is 18.9 Å². The van der Waals surface area contributed by atoms with Gasteiger partial charge < -0.3 is 34.1 Å². The number of halogens is 5. The van der Waals surface area contributed by atoms with Crippen LogP contribution in [0.4, 0.5) is 27.6 Å². The van der Waals surface area contributed by atoms with Crippen LogP contribution in [0.5, 0.6) is 5.75 Å². The molecule has 392 valence electrons. The lowest BCUT2D eigenvalue weighted by atomic mass is 9.47. The summed E-state index contributed by atoms with van der Waals surface area (Å²) in [7, 11) is -0.829. The number of hydrogen-bond acceptors (Lipinski definition) is 14. The van der Waals surface area contributed by atoms with Crippen LogP contribution in [-0.2, 0) is 55.9 Å². The number of carbonyl (C=O) groups is 3. The number of hydrogen-bond donors (Lipinski definition) is 2. The van der Waals surface area contributed by atoms with Crippen molar-refractivity contribution in [1.82, 2.24) is 13.8 Å². The number of ether oxygens (including phenoxy) is 4. The standard InChI is InChI=1S/C52H57F5N4O11S/c1-8-48(65)23-28-24-51(46(63)70-6,42-30(15-19-59(25-28)26-48)29-13-10-11-14-33(29)61(42)73(67,68)41-39(56)37(54)36(53)38(55)40(41)57)32-21-31-34(22-35(32)69-5)58(4)44-50(31)17-20-60-18-12-16-49(9-2,43(50)60)45(72-27(3)62)52(44,66)47(64)71-7/h10-14,16,21-22,28,43-45,65-66H,8-9,15,17-20,23-26H2,1-7H3/t28-,43+,44-,45-,48+,49-,50-,51+,52+/m1/s1. The van der Waals surface area contributed by atoms with Crippen LogP contribution in [0.25, 0.3) is 10.9 Å². The number of aliphatic hydroxyl groups is 2. The Morgan fingerprint density at radius 2 is 1.52 bits per heavy atom. The summed E-state index contributed by atoms with van der Waals surface area (Å²) in [6.07, 6.45) is 2.70. The average Bonchev–Trinajstić information content (AvgIpc) is 4.02. The average molecular weight is 1040 g/mol. The Bertz CT molecular complexity index is 3140. The maximum Gasteiger partial charge on any atom is 0.344 e. The number of rotatable bonds is 9. The molecule has 4 aromatic rings. The summed E-state index contributed by atoms with van der Waals surface area (Å²) >= 11 is 0. The van der Waals surface area contributed by atoms with E-state index in [9.17, 15) is 24.2 Å². The van der Waals surface area contributed by atoms with Gasteiger partial charge in [-0.1, -0.05) is 44.2 Å². The first-order chi connectivity index (χ1) is 34.5. The van der Waals surface area contributed by atoms with Gasteiger partial charge in [-0.05, 0) is 74.2 Å². The second-order valence-electron chi connectivity index (χ2n) is 20.7. The third kappa shape index (κ3) is 6.59. The summed E-state index contributed by atoms with van der Waals surface area (Å²) < 4.78 is 133. The smallest absolute Gasteiger partial charge is 0.344 e. The van der Waals surface area contributed by atoms with Crippen LogP contribution in [0.15, 0.2) is 53.4 Å². The first kappa shape index (κ1) is 50.9. The highest BCUT2D eigenvalue weighted by Gasteiger charge is 2.80. The minimum absolute atomic E-state index is 0.0309. The number of carbonyl (C=O) groups excluding carboxylic acids is 3. The second kappa shape index (κ2) is 17.2. The van der Waals surface area contributed by atoms with E-state index in [2.05, 4.69) is 4.90 Å². The molecule has 6 heterocycles. The van der Waals surface area contributed by atoms with Crippen LogP contribution in [0.2, 0.25) is 0 Å². The molecule has 3 aromatic carbocycles. The lowest BCUT2D eigenvalue weighted by Crippen LogP contribution is -2.81. The zero-order chi connectivity index (χ0) is 52.7. The van der Waals surface area contributed by atoms with Crippen LogP contribution in [0.1, 0.15) is 75.3 Å². The van der Waals surface area contributed by atoms with Crippen molar-refractivity contribution in [1.29, 1.82) is 0 Å². The van der Waals surface area contributed by atoms with Gasteiger partial charge in [-0.3, -0.25) is 19.4 Å². The topological polar surface area (TPSA) is 177 Å². The Balaban J connectivity index is 1.37. The molecule has 15 nitrogen and oxygen atoms in total. The van der Waals surface area contributed by atoms with Gasteiger partial charge >= 0.3 is 17.9 Å². The zero-order valence-corrected chi connectivity index (χ0v) is 42.2. The van der Waals surface area contributed by atoms with Crippen molar-refractivity contribution in [2.75, 3.05) is 66.0 Å². The van der Waals surface area contributed by atoms with Gasteiger partial charge in [0.25, 0.3) is 10.0 Å². The molecule has 1 unspecified atom stereocenters. The molecule has 10 rings (SSSR count). The molecule has 73 heavy (non-hydrogen) atoms. The fourth-order valence-corrected chi connectivity index (χ4v) is 16.5. The number of para-hydroxylation sites is 1. The van der Waals surface area contributed by atoms with Crippen molar-refractivity contribution in [3.8, 4) is 5.75 Å². The normalized spacial score (nSPS) is 32.4. The van der Waals surface area contributed by atoms with E-state index in [1.165, 1.54) is 32.2 Å². The summed E-state index contributed by atoms with van der Waals surface area (Å²) in [4.78, 5) is 47.3. The third-order valence-electron chi connectivity index (χ3n) is 17.4. The molecule has 1 aromatic heterocycles. The Morgan fingerprint density at radius 1 is 0.849 bits per heavy atom. The van der Waals surface area contributed by atoms with Crippen LogP contribution in [0, 0.1) is 40.4 Å². The fraction of sp³-hybridized carbons (Fsp3) is 0.519. The van der Waals surface area contributed by atoms with Crippen molar-refractivity contribution < 1.29 is 73.9 Å². The number of methoxy groups -OCH3 is 3. The second-order valence-corrected chi connectivity index (χ2v) is 22.4. The van der Waals surface area contributed by atoms with E-state index < -0.39 is 119 Å². The van der Waals surface area contributed by atoms with Gasteiger partial charge in [0.2, 0.25) is 11.4 Å². The molecule has 2 N–H and O–H groups in total. The van der Waals surface area contributed by atoms with E-state index in [0.717, 1.165) is 14.2 Å². The highest BCUT2D eigenvalue weighted by molar-refractivity contribution is 7.90. The first-order valence-corrected chi connectivity index (χ1v) is 25.8. The van der Waals surface area contributed by atoms with Crippen molar-refractivity contribution in [3.05, 3.63) is 100 Å². The van der Waals surface area contributed by atoms with Gasteiger partial charge in [0, 0.05) is 79.7 Å². The van der Waals surface area contributed by atoms with Gasteiger partial charge in [-0.15, -0.1) is 0 Å². The van der Waals surface area contributed by atoms with Gasteiger partial charge in [0.1, 0.15) is 11.2 Å². The quantitative estimate of drug-likeness (QED) is 0.0545. The van der Waals surface area contributed by atoms with Crippen molar-refractivity contribution >= 4 is 44.5 Å². The molecule has 1 aliphatic carbocycles. The van der Waals surface area contributed by atoms with E-state index in [1.54, 1.807) is 30.1 Å². The summed E-state index contributed by atoms with van der Waals surface area (Å²) in [5.41, 5.74) is -8.59. The lowest BCUT2D eigenvalue weighted by Gasteiger charge is -2.63. The maximum atomic E-state index is 16.2. The van der Waals surface area contributed by atoms with Crippen molar-refractivity contribution in [2.24, 2.45) is 11.3 Å². The van der Waals surface area contributed by atoms with Crippen molar-refractivity contribution in [3.63, 3.8) is 0 Å². The molecule has 5 aliphatic heterocycles. The SMILES string of the molecule is CC[C@]1(O)C[C@H]2CN(CCc3c(n(S(=O)(=O)c4c(F)c(F)c(F)c(F)c4F)c4ccccc34)[C@@](C(=O)OC)(c3cc4c(cc3OC)N(C)[C@H]3[C@@](O)(C(=O)OC)[C@H](OC(C)=O)[C@]5(CC)C=CCN6CC[C@]43[C@@H]65)C2)C1. The number of benzene rings is 3. The predicted molar refractivity (Wildman–Crippen MR) is 253 cm³/mol. The Morgan fingerprint density at radius 3 is 2.15 bits per heavy atom. The molecule has 1 saturated carbocycles. The molecule has 0 amide bonds. The maximum absolute atomic E-state index is 16.2. The largest absolute Gasteiger partial charge is 0.496 e. The minimum atomic E-state index is -5.98. The molecule has 6 aliphatic rings. The molecular formula is C52H57F5N4O11S. The first-order valence-electron chi connectivity index (χ1n) is 24.3. The van der Waals surface area contributed by atoms with Crippen LogP contribution in [0.3, 0.4) is 0 Å². The number of piperidine rings is 1. The Kier molecular flexibility index (Phi) is 12.0. The number of anilines is 1. The molecule has 21 heteroatoms. The Hall–Kier alpha value is -5.61. The predicted octanol–water partition coefficient (Wildman–Crippen LogP) is 5.40. The van der Waals surface area contributed by atoms with Crippen LogP contribution >= 0.6 is 0 Å². The monoisotopic (exact) mass is 1040 g/mol. The number of fused-ring (bicyclic) bond motifs is 6. The molecule has 2 bridgehead atoms. The summed E-state index contributed by atoms with van der Waals surface area (Å²) in [6.45, 7) is 6.30. The fourth-order valence-electron chi connectivity index (χ4n) is 14.8. The van der Waals surface area contributed by atoms with Gasteiger partial charge in [0.05, 0.1) is 44.2 Å². The van der Waals surface area contributed by atoms with E-state index in [1.807, 2.05) is 30.9 Å². The van der Waals surface area contributed by atoms with E-state index in [0.29, 0.717) is 28.3 Å². The minimum Gasteiger partial charge on any atom is -0.496 e. The number of nitrogens with zero attached hydrogens (tertiary/aromatic N) is 4. The highest BCUT2D eigenvalue weighted by atomic mass is 32.2. The summed E-state index contributed by atoms with van der Waals surface area (Å²) in [6, 6.07) is 7.21. The molecule has 2 saturated heterocycles. The van der Waals surface area contributed by atoms with Gasteiger partial charge in [0.15, 0.2) is 34.3 Å². The van der Waals surface area contributed by atoms with Crippen LogP contribution in [-0.4, -0.2) is 141 Å². The van der Waals surface area contributed by atoms with Crippen LogP contribution < -0.4 is 9.64 Å². The molecule has 10 atom stereocenters. The van der Waals surface area contributed by atoms with Gasteiger partial charge in [-0.2, -0.15) is 0 Å². The third-order valence-corrected chi connectivity index (χ3v) is 19.1. The van der Waals surface area contributed by atoms with Gasteiger partial charge in [-0.25, -0.2) is 39.1 Å². The number of likely N-dealkylation sites (N-methyl/N-ethyl adjacent to an activating group) is 1. The molecular weight excluding hydrogens is 984 g/mol. The number of esters is 3. The van der Waals surface area contributed by atoms with E-state index in [-0.39, 0.29) is 85.9 Å². The molecule has 1 spiro atoms. The summed E-state index contributed by atoms with van der Waals surface area (Å²) in [5.74, 6) is -16.5. The molecule has 0 radical (unpaired) electrons. The highest BCUT2D eigenvalue weighted by Crippen LogP contribution is 2.68. The lowest BCUT2D eigenvalue weighted by molar-refractivity contribution is -0.228. The Labute approximate surface area is 418 Å². The number of aromatic nitrogens is 1. The van der Waals surface area contributed by atoms with E-state index >= 15 is 30.8 Å². The summed E-state index contributed by atoms with van der Waals surface area (Å²) in [5, 5.41) is 25.8. The molecule has 3 fully saturated rings. The van der Waals surface area contributed by atoms with Crippen molar-refractivity contribution in [2.45, 2.75) is 104 Å². The zero-order valence-electron chi connectivity index (χ0n) is 41.4.